The quantitative estimate of drug-likeness (QED) is 0.400. The van der Waals surface area contributed by atoms with Gasteiger partial charge in [0.1, 0.15) is 22.9 Å². The van der Waals surface area contributed by atoms with E-state index in [1.165, 1.54) is 50.9 Å². The Balaban J connectivity index is 0.000000639. The van der Waals surface area contributed by atoms with Gasteiger partial charge < -0.3 is 19.7 Å². The average molecular weight is 584 g/mol. The fraction of sp³-hybridized carbons (Fsp3) is 0.500. The summed E-state index contributed by atoms with van der Waals surface area (Å²) in [4.78, 5) is 13.2. The summed E-state index contributed by atoms with van der Waals surface area (Å²) in [6.45, 7) is 7.52. The zero-order valence-corrected chi connectivity index (χ0v) is 24.6. The van der Waals surface area contributed by atoms with Gasteiger partial charge in [-0.1, -0.05) is 18.2 Å². The molecule has 5 heterocycles. The molecular weight excluding hydrogens is 543 g/mol. The zero-order chi connectivity index (χ0) is 29.7. The molecule has 42 heavy (non-hydrogen) atoms. The lowest BCUT2D eigenvalue weighted by Gasteiger charge is -2.48. The summed E-state index contributed by atoms with van der Waals surface area (Å²) >= 11 is 0. The van der Waals surface area contributed by atoms with Crippen LogP contribution in [0.4, 0.5) is 19.0 Å². The lowest BCUT2D eigenvalue weighted by molar-refractivity contribution is -0.138. The normalized spacial score (nSPS) is 18.3. The molecule has 226 valence electrons. The first-order valence-electron chi connectivity index (χ1n) is 14.7. The van der Waals surface area contributed by atoms with Crippen LogP contribution in [0.2, 0.25) is 0 Å². The van der Waals surface area contributed by atoms with Crippen LogP contribution in [0.1, 0.15) is 49.4 Å². The second-order valence-electron chi connectivity index (χ2n) is 11.2. The number of ether oxygens (including phenoxy) is 2. The van der Waals surface area contributed by atoms with Gasteiger partial charge in [0, 0.05) is 43.4 Å². The summed E-state index contributed by atoms with van der Waals surface area (Å²) in [6, 6.07) is 13.4. The van der Waals surface area contributed by atoms with Crippen LogP contribution in [0.15, 0.2) is 48.7 Å². The van der Waals surface area contributed by atoms with Crippen LogP contribution in [-0.4, -0.2) is 68.4 Å². The molecule has 3 aliphatic heterocycles. The summed E-state index contributed by atoms with van der Waals surface area (Å²) in [5, 5.41) is 3.22. The van der Waals surface area contributed by atoms with Crippen LogP contribution in [0.5, 0.6) is 11.5 Å². The van der Waals surface area contributed by atoms with Crippen LogP contribution < -0.4 is 19.7 Å². The van der Waals surface area contributed by atoms with E-state index >= 15 is 0 Å². The van der Waals surface area contributed by atoms with Crippen molar-refractivity contribution in [1.29, 1.82) is 0 Å². The maximum Gasteiger partial charge on any atom is 0.423 e. The predicted octanol–water partition coefficient (Wildman–Crippen LogP) is 5.92. The molecule has 0 unspecified atom stereocenters. The van der Waals surface area contributed by atoms with Crippen molar-refractivity contribution in [3.8, 4) is 22.8 Å². The van der Waals surface area contributed by atoms with E-state index in [4.69, 9.17) is 14.5 Å². The van der Waals surface area contributed by atoms with Gasteiger partial charge in [-0.15, -0.1) is 0 Å². The minimum absolute atomic E-state index is 0.0629. The highest BCUT2D eigenvalue weighted by atomic mass is 19.4. The van der Waals surface area contributed by atoms with Crippen LogP contribution in [0.3, 0.4) is 0 Å². The number of piperidine rings is 1. The minimum atomic E-state index is -4.56. The highest BCUT2D eigenvalue weighted by molar-refractivity contribution is 5.68. The molecule has 3 aliphatic rings. The van der Waals surface area contributed by atoms with Gasteiger partial charge in [0.05, 0.1) is 25.1 Å². The zero-order valence-electron chi connectivity index (χ0n) is 24.6. The van der Waals surface area contributed by atoms with Crippen molar-refractivity contribution in [2.45, 2.75) is 50.7 Å². The molecule has 2 saturated heterocycles. The van der Waals surface area contributed by atoms with Gasteiger partial charge in [0.25, 0.3) is 0 Å². The monoisotopic (exact) mass is 583 g/mol. The number of pyridine rings is 2. The Bertz CT molecular complexity index is 1350. The second-order valence-corrected chi connectivity index (χ2v) is 11.2. The van der Waals surface area contributed by atoms with E-state index in [0.29, 0.717) is 32.5 Å². The number of hydrogen-bond donors (Lipinski definition) is 1. The highest BCUT2D eigenvalue weighted by Gasteiger charge is 2.45. The maximum absolute atomic E-state index is 13.9. The first kappa shape index (κ1) is 30.1. The predicted molar refractivity (Wildman–Crippen MR) is 158 cm³/mol. The van der Waals surface area contributed by atoms with Crippen molar-refractivity contribution in [3.05, 3.63) is 65.5 Å². The van der Waals surface area contributed by atoms with Crippen LogP contribution in [0.25, 0.3) is 11.3 Å². The number of para-hydroxylation sites is 1. The molecule has 2 aromatic heterocycles. The number of alkyl halides is 3. The number of halogens is 3. The third-order valence-corrected chi connectivity index (χ3v) is 8.37. The molecule has 0 aliphatic carbocycles. The molecule has 7 nitrogen and oxygen atoms in total. The summed E-state index contributed by atoms with van der Waals surface area (Å²) < 4.78 is 52.6. The number of fused-ring (bicyclic) bond motifs is 2. The van der Waals surface area contributed by atoms with E-state index in [1.54, 1.807) is 4.90 Å². The van der Waals surface area contributed by atoms with Gasteiger partial charge in [0.2, 0.25) is 0 Å². The summed E-state index contributed by atoms with van der Waals surface area (Å²) in [5.74, 6) is 0.535. The van der Waals surface area contributed by atoms with Gasteiger partial charge in [-0.25, -0.2) is 4.98 Å². The first-order valence-corrected chi connectivity index (χ1v) is 14.7. The van der Waals surface area contributed by atoms with E-state index < -0.39 is 11.7 Å². The lowest BCUT2D eigenvalue weighted by atomic mass is 9.70. The molecule has 0 saturated carbocycles. The first-order chi connectivity index (χ1) is 20.3. The number of aromatic nitrogens is 2. The van der Waals surface area contributed by atoms with E-state index in [0.717, 1.165) is 35.8 Å². The Kier molecular flexibility index (Phi) is 9.22. The molecule has 3 aromatic rings. The number of nitrogens with one attached hydrogen (secondary N) is 1. The van der Waals surface area contributed by atoms with Crippen molar-refractivity contribution < 1.29 is 22.6 Å². The van der Waals surface area contributed by atoms with Crippen molar-refractivity contribution in [2.75, 3.05) is 58.4 Å². The lowest BCUT2D eigenvalue weighted by Crippen LogP contribution is -2.51. The number of likely N-dealkylation sites (N-methyl/N-ethyl adjacent to an activating group) is 1. The largest absolute Gasteiger partial charge is 0.496 e. The minimum Gasteiger partial charge on any atom is -0.496 e. The van der Waals surface area contributed by atoms with E-state index in [9.17, 15) is 13.2 Å². The Labute approximate surface area is 246 Å². The average Bonchev–Trinajstić information content (AvgIpc) is 3.57. The standard InChI is InChI=1S/C28H31F3N4O2.C4H9N/c1-4-37-23-8-6-5-7-19(23)21-10-9-20-22(33-21)17-34(2)18-27(20)12-15-35(16-13-27)26-25(28(29,30)31)24(36-3)11-14-32-26;1-2-4-5-3-1/h5-11,14H,4,12-13,15-18H2,1-3H3;5H,1-4H2. The molecule has 10 heteroatoms. The molecule has 0 amide bonds. The third kappa shape index (κ3) is 6.34. The number of anilines is 1. The molecule has 0 radical (unpaired) electrons. The third-order valence-electron chi connectivity index (χ3n) is 8.37. The number of nitrogens with zero attached hydrogens (tertiary/aromatic N) is 4. The molecule has 6 rings (SSSR count). The van der Waals surface area contributed by atoms with E-state index in [-0.39, 0.29) is 17.0 Å². The number of benzene rings is 1. The molecule has 1 aromatic carbocycles. The summed E-state index contributed by atoms with van der Waals surface area (Å²) in [7, 11) is 3.33. The van der Waals surface area contributed by atoms with Crippen LogP contribution >= 0.6 is 0 Å². The molecule has 2 fully saturated rings. The Morgan fingerprint density at radius 3 is 2.38 bits per heavy atom. The number of rotatable bonds is 5. The van der Waals surface area contributed by atoms with E-state index in [1.807, 2.05) is 37.3 Å². The van der Waals surface area contributed by atoms with Gasteiger partial charge >= 0.3 is 6.18 Å². The summed E-state index contributed by atoms with van der Waals surface area (Å²) in [6.07, 6.45) is 1.01. The SMILES string of the molecule is C1CCNC1.CCOc1ccccc1-c1ccc2c(n1)CN(C)CC21CCN(c2nccc(OC)c2C(F)(F)F)CC1. The summed E-state index contributed by atoms with van der Waals surface area (Å²) in [5.41, 5.74) is 3.03. The fourth-order valence-corrected chi connectivity index (χ4v) is 6.44. The molecular formula is C32H40F3N5O2. The Hall–Kier alpha value is -3.37. The highest BCUT2D eigenvalue weighted by Crippen LogP contribution is 2.46. The van der Waals surface area contributed by atoms with Crippen molar-refractivity contribution in [2.24, 2.45) is 0 Å². The fourth-order valence-electron chi connectivity index (χ4n) is 6.44. The smallest absolute Gasteiger partial charge is 0.423 e. The van der Waals surface area contributed by atoms with Crippen molar-refractivity contribution in [1.82, 2.24) is 20.2 Å². The van der Waals surface area contributed by atoms with E-state index in [2.05, 4.69) is 28.3 Å². The van der Waals surface area contributed by atoms with Crippen molar-refractivity contribution in [3.63, 3.8) is 0 Å². The maximum atomic E-state index is 13.9. The topological polar surface area (TPSA) is 62.8 Å². The molecule has 1 N–H and O–H groups in total. The molecule has 1 spiro atoms. The Morgan fingerprint density at radius 1 is 1.00 bits per heavy atom. The number of hydrogen-bond acceptors (Lipinski definition) is 7. The molecule has 0 bridgehead atoms. The van der Waals surface area contributed by atoms with Crippen LogP contribution in [0, 0.1) is 0 Å². The van der Waals surface area contributed by atoms with Crippen molar-refractivity contribution >= 4 is 5.82 Å². The molecule has 0 atom stereocenters. The van der Waals surface area contributed by atoms with Gasteiger partial charge in [-0.3, -0.25) is 9.88 Å². The second kappa shape index (κ2) is 12.9. The number of methoxy groups -OCH3 is 1. The van der Waals surface area contributed by atoms with Gasteiger partial charge in [-0.05, 0) is 82.6 Å². The van der Waals surface area contributed by atoms with Gasteiger partial charge in [-0.2, -0.15) is 13.2 Å². The van der Waals surface area contributed by atoms with Gasteiger partial charge in [0.15, 0.2) is 0 Å². The Morgan fingerprint density at radius 2 is 1.74 bits per heavy atom. The van der Waals surface area contributed by atoms with Crippen LogP contribution in [-0.2, 0) is 18.1 Å².